The number of carbonyl (C=O) groups is 1. The molecule has 0 N–H and O–H groups in total. The summed E-state index contributed by atoms with van der Waals surface area (Å²) in [5.41, 5.74) is 0.869. The molecule has 1 unspecified atom stereocenters. The van der Waals surface area contributed by atoms with Gasteiger partial charge in [-0.3, -0.25) is 4.79 Å². The summed E-state index contributed by atoms with van der Waals surface area (Å²) in [6.07, 6.45) is 0.599. The normalized spacial score (nSPS) is 28.8. The fraction of sp³-hybridized carbons (Fsp3) is 0.667. The van der Waals surface area contributed by atoms with Gasteiger partial charge in [0.25, 0.3) is 0 Å². The lowest BCUT2D eigenvalue weighted by Gasteiger charge is -2.41. The molecule has 0 aromatic carbocycles. The molecule has 0 saturated carbocycles. The lowest BCUT2D eigenvalue weighted by atomic mass is 9.75. The van der Waals surface area contributed by atoms with Crippen molar-refractivity contribution in [3.63, 3.8) is 0 Å². The van der Waals surface area contributed by atoms with Crippen LogP contribution in [0.2, 0.25) is 0 Å². The molecule has 0 fully saturated rings. The van der Waals surface area contributed by atoms with Crippen LogP contribution in [0.1, 0.15) is 41.0 Å². The van der Waals surface area contributed by atoms with E-state index in [0.29, 0.717) is 17.8 Å². The lowest BCUT2D eigenvalue weighted by molar-refractivity contribution is -0.124. The monoisotopic (exact) mass is 252 g/mol. The number of hydrogen-bond acceptors (Lipinski definition) is 3. The molecule has 0 spiro atoms. The van der Waals surface area contributed by atoms with Crippen molar-refractivity contribution in [2.45, 2.75) is 52.7 Å². The Hall–Kier alpha value is -1.09. The second kappa shape index (κ2) is 5.27. The molecule has 18 heavy (non-hydrogen) atoms. The molecule has 0 bridgehead atoms. The van der Waals surface area contributed by atoms with Crippen molar-refractivity contribution >= 4 is 5.78 Å². The van der Waals surface area contributed by atoms with E-state index < -0.39 is 5.60 Å². The maximum Gasteiger partial charge on any atom is 0.164 e. The number of rotatable bonds is 4. The van der Waals surface area contributed by atoms with E-state index in [9.17, 15) is 4.79 Å². The summed E-state index contributed by atoms with van der Waals surface area (Å²) in [4.78, 5) is 12.1. The van der Waals surface area contributed by atoms with Crippen molar-refractivity contribution in [2.24, 2.45) is 5.92 Å². The summed E-state index contributed by atoms with van der Waals surface area (Å²) in [5.74, 6) is 0.705. The van der Waals surface area contributed by atoms with E-state index in [0.717, 1.165) is 5.57 Å². The first kappa shape index (κ1) is 15.0. The minimum atomic E-state index is -0.665. The predicted octanol–water partition coefficient (Wildman–Crippen LogP) is 3.26. The number of hydrogen-bond donors (Lipinski definition) is 0. The molecule has 0 heterocycles. The Kier molecular flexibility index (Phi) is 4.38. The first-order chi connectivity index (χ1) is 8.26. The largest absolute Gasteiger partial charge is 0.491 e. The van der Waals surface area contributed by atoms with Crippen LogP contribution < -0.4 is 0 Å². The van der Waals surface area contributed by atoms with Crippen LogP contribution >= 0.6 is 0 Å². The number of methoxy groups -OCH3 is 1. The van der Waals surface area contributed by atoms with Crippen molar-refractivity contribution < 1.29 is 14.3 Å². The van der Waals surface area contributed by atoms with Crippen molar-refractivity contribution in [3.8, 4) is 0 Å². The van der Waals surface area contributed by atoms with Gasteiger partial charge in [0.2, 0.25) is 0 Å². The number of Topliss-reactive ketones (excluding diaryl/α,β-unsaturated/α-hetero) is 1. The highest BCUT2D eigenvalue weighted by atomic mass is 16.5. The summed E-state index contributed by atoms with van der Waals surface area (Å²) >= 11 is 0. The van der Waals surface area contributed by atoms with Gasteiger partial charge in [0.05, 0.1) is 6.10 Å². The van der Waals surface area contributed by atoms with Gasteiger partial charge in [0, 0.05) is 18.6 Å². The number of ether oxygens (including phenoxy) is 2. The Labute approximate surface area is 110 Å². The topological polar surface area (TPSA) is 35.5 Å². The number of carbonyl (C=O) groups excluding carboxylic acids is 1. The van der Waals surface area contributed by atoms with Gasteiger partial charge in [-0.25, -0.2) is 0 Å². The Morgan fingerprint density at radius 2 is 2.06 bits per heavy atom. The molecule has 1 aliphatic carbocycles. The molecular weight excluding hydrogens is 228 g/mol. The molecule has 0 saturated heterocycles. The standard InChI is InChI=1S/C15H24O3/c1-9(2)15(17-7)8-11(5)13(16)12(6)14(15)18-10(3)4/h10-11H,1,8H2,2-7H3/t11?,15-/m0/s1. The van der Waals surface area contributed by atoms with Crippen molar-refractivity contribution in [1.29, 1.82) is 0 Å². The first-order valence-corrected chi connectivity index (χ1v) is 6.39. The smallest absolute Gasteiger partial charge is 0.164 e. The highest BCUT2D eigenvalue weighted by molar-refractivity contribution is 5.98. The van der Waals surface area contributed by atoms with Gasteiger partial charge >= 0.3 is 0 Å². The van der Waals surface area contributed by atoms with E-state index in [2.05, 4.69) is 6.58 Å². The zero-order valence-corrected chi connectivity index (χ0v) is 12.3. The minimum absolute atomic E-state index is 0.00466. The van der Waals surface area contributed by atoms with Crippen LogP contribution in [-0.2, 0) is 14.3 Å². The highest BCUT2D eigenvalue weighted by Crippen LogP contribution is 2.42. The third kappa shape index (κ3) is 2.37. The number of ketones is 1. The maximum absolute atomic E-state index is 12.1. The molecule has 0 aliphatic heterocycles. The summed E-state index contributed by atoms with van der Waals surface area (Å²) in [6, 6.07) is 0. The van der Waals surface area contributed by atoms with E-state index in [1.54, 1.807) is 7.11 Å². The summed E-state index contributed by atoms with van der Waals surface area (Å²) in [7, 11) is 1.65. The summed E-state index contributed by atoms with van der Waals surface area (Å²) < 4.78 is 11.6. The van der Waals surface area contributed by atoms with Crippen LogP contribution in [0.25, 0.3) is 0 Å². The summed E-state index contributed by atoms with van der Waals surface area (Å²) in [6.45, 7) is 13.6. The molecule has 1 aliphatic rings. The Morgan fingerprint density at radius 1 is 1.50 bits per heavy atom. The van der Waals surface area contributed by atoms with E-state index >= 15 is 0 Å². The highest BCUT2D eigenvalue weighted by Gasteiger charge is 2.46. The van der Waals surface area contributed by atoms with E-state index in [1.165, 1.54) is 0 Å². The quantitative estimate of drug-likeness (QED) is 0.720. The predicted molar refractivity (Wildman–Crippen MR) is 72.3 cm³/mol. The average molecular weight is 252 g/mol. The molecule has 0 amide bonds. The Bertz CT molecular complexity index is 393. The maximum atomic E-state index is 12.1. The van der Waals surface area contributed by atoms with Crippen molar-refractivity contribution in [1.82, 2.24) is 0 Å². The van der Waals surface area contributed by atoms with Gasteiger partial charge in [-0.1, -0.05) is 13.5 Å². The molecule has 0 radical (unpaired) electrons. The summed E-state index contributed by atoms with van der Waals surface area (Å²) in [5, 5.41) is 0. The second-order valence-electron chi connectivity index (χ2n) is 5.40. The number of allylic oxidation sites excluding steroid dienone is 1. The fourth-order valence-electron chi connectivity index (χ4n) is 2.54. The molecule has 3 heteroatoms. The van der Waals surface area contributed by atoms with Crippen LogP contribution in [0, 0.1) is 5.92 Å². The Morgan fingerprint density at radius 3 is 2.44 bits per heavy atom. The SMILES string of the molecule is C=C(C)[C@@]1(OC)CC(C)C(=O)C(C)=C1OC(C)C. The molecule has 2 atom stereocenters. The Balaban J connectivity index is 3.38. The van der Waals surface area contributed by atoms with Crippen LogP contribution in [0.4, 0.5) is 0 Å². The molecule has 0 aromatic rings. The first-order valence-electron chi connectivity index (χ1n) is 6.39. The van der Waals surface area contributed by atoms with Gasteiger partial charge in [-0.05, 0) is 39.7 Å². The van der Waals surface area contributed by atoms with Gasteiger partial charge in [-0.2, -0.15) is 0 Å². The van der Waals surface area contributed by atoms with Crippen LogP contribution in [-0.4, -0.2) is 24.6 Å². The average Bonchev–Trinajstić information content (AvgIpc) is 2.29. The zero-order valence-electron chi connectivity index (χ0n) is 12.3. The molecule has 1 rings (SSSR count). The third-order valence-corrected chi connectivity index (χ3v) is 3.51. The molecule has 3 nitrogen and oxygen atoms in total. The van der Waals surface area contributed by atoms with E-state index in [-0.39, 0.29) is 17.8 Å². The molecular formula is C15H24O3. The minimum Gasteiger partial charge on any atom is -0.491 e. The van der Waals surface area contributed by atoms with Crippen molar-refractivity contribution in [2.75, 3.05) is 7.11 Å². The second-order valence-corrected chi connectivity index (χ2v) is 5.40. The fourth-order valence-corrected chi connectivity index (χ4v) is 2.54. The van der Waals surface area contributed by atoms with Gasteiger partial charge in [0.1, 0.15) is 11.4 Å². The van der Waals surface area contributed by atoms with E-state index in [1.807, 2.05) is 34.6 Å². The van der Waals surface area contributed by atoms with Gasteiger partial charge in [-0.15, -0.1) is 0 Å². The molecule has 102 valence electrons. The van der Waals surface area contributed by atoms with Crippen LogP contribution in [0.5, 0.6) is 0 Å². The van der Waals surface area contributed by atoms with Crippen LogP contribution in [0.3, 0.4) is 0 Å². The van der Waals surface area contributed by atoms with Gasteiger partial charge < -0.3 is 9.47 Å². The van der Waals surface area contributed by atoms with Gasteiger partial charge in [0.15, 0.2) is 5.78 Å². The third-order valence-electron chi connectivity index (χ3n) is 3.51. The van der Waals surface area contributed by atoms with Crippen LogP contribution in [0.15, 0.2) is 23.5 Å². The van der Waals surface area contributed by atoms with E-state index in [4.69, 9.17) is 9.47 Å². The molecule has 0 aromatic heterocycles. The lowest BCUT2D eigenvalue weighted by Crippen LogP contribution is -2.45. The van der Waals surface area contributed by atoms with Crippen molar-refractivity contribution in [3.05, 3.63) is 23.5 Å². The zero-order chi connectivity index (χ0) is 14.1.